The van der Waals surface area contributed by atoms with Gasteiger partial charge in [0.25, 0.3) is 0 Å². The van der Waals surface area contributed by atoms with E-state index in [9.17, 15) is 13.2 Å². The van der Waals surface area contributed by atoms with Crippen molar-refractivity contribution in [1.82, 2.24) is 4.98 Å². The molecule has 0 spiro atoms. The molecule has 0 saturated carbocycles. The van der Waals surface area contributed by atoms with Crippen molar-refractivity contribution < 1.29 is 13.2 Å². The molecule has 0 amide bonds. The van der Waals surface area contributed by atoms with Crippen molar-refractivity contribution in [1.29, 1.82) is 0 Å². The molecule has 1 aromatic heterocycles. The van der Waals surface area contributed by atoms with Gasteiger partial charge in [0.15, 0.2) is 0 Å². The number of alkyl halides is 4. The Bertz CT molecular complexity index is 317. The van der Waals surface area contributed by atoms with Crippen LogP contribution in [0.4, 0.5) is 13.2 Å². The summed E-state index contributed by atoms with van der Waals surface area (Å²) >= 11 is 9.18. The Morgan fingerprint density at radius 2 is 2.13 bits per heavy atom. The van der Waals surface area contributed by atoms with Crippen LogP contribution in [-0.4, -0.2) is 21.7 Å². The lowest BCUT2D eigenvalue weighted by Crippen LogP contribution is -2.24. The normalized spacial score (nSPS) is 13.9. The summed E-state index contributed by atoms with van der Waals surface area (Å²) in [5.74, 6) is -0.113. The van der Waals surface area contributed by atoms with Crippen molar-refractivity contribution in [2.24, 2.45) is 0 Å². The Balaban J connectivity index is 2.47. The fourth-order valence-electron chi connectivity index (χ4n) is 0.701. The van der Waals surface area contributed by atoms with Crippen LogP contribution in [0.2, 0.25) is 5.02 Å². The molecule has 0 bridgehead atoms. The smallest absolute Gasteiger partial charge is 0.248 e. The summed E-state index contributed by atoms with van der Waals surface area (Å²) in [5, 5.41) is 0.985. The van der Waals surface area contributed by atoms with Crippen molar-refractivity contribution >= 4 is 39.3 Å². The minimum absolute atomic E-state index is 0.113. The first-order valence-electron chi connectivity index (χ1n) is 3.85. The van der Waals surface area contributed by atoms with E-state index in [-0.39, 0.29) is 5.75 Å². The van der Waals surface area contributed by atoms with E-state index in [2.05, 4.69) is 20.9 Å². The zero-order chi connectivity index (χ0) is 11.5. The van der Waals surface area contributed by atoms with E-state index >= 15 is 0 Å². The second kappa shape index (κ2) is 5.41. The zero-order valence-corrected chi connectivity index (χ0v) is 10.4. The van der Waals surface area contributed by atoms with Gasteiger partial charge in [-0.1, -0.05) is 27.5 Å². The first-order valence-corrected chi connectivity index (χ1v) is 6.12. The van der Waals surface area contributed by atoms with Crippen LogP contribution in [0.15, 0.2) is 23.4 Å². The van der Waals surface area contributed by atoms with Gasteiger partial charge in [-0.3, -0.25) is 0 Å². The van der Waals surface area contributed by atoms with Crippen molar-refractivity contribution in [2.45, 2.75) is 16.0 Å². The third-order valence-electron chi connectivity index (χ3n) is 1.43. The minimum Gasteiger partial charge on any atom is -0.248 e. The van der Waals surface area contributed by atoms with Crippen LogP contribution in [0, 0.1) is 0 Å². The third kappa shape index (κ3) is 4.61. The molecule has 0 fully saturated rings. The summed E-state index contributed by atoms with van der Waals surface area (Å²) in [6.45, 7) is 0. The van der Waals surface area contributed by atoms with Gasteiger partial charge in [0.05, 0.1) is 10.0 Å². The van der Waals surface area contributed by atoms with Crippen molar-refractivity contribution in [3.8, 4) is 0 Å². The van der Waals surface area contributed by atoms with Crippen LogP contribution >= 0.6 is 39.3 Å². The van der Waals surface area contributed by atoms with Crippen LogP contribution in [-0.2, 0) is 0 Å². The zero-order valence-electron chi connectivity index (χ0n) is 7.26. The predicted octanol–water partition coefficient (Wildman–Crippen LogP) is 4.15. The third-order valence-corrected chi connectivity index (χ3v) is 3.97. The van der Waals surface area contributed by atoms with E-state index in [1.807, 2.05) is 0 Å². The number of hydrogen-bond acceptors (Lipinski definition) is 2. The van der Waals surface area contributed by atoms with E-state index < -0.39 is 11.0 Å². The van der Waals surface area contributed by atoms with Gasteiger partial charge in [0.1, 0.15) is 4.83 Å². The first-order chi connectivity index (χ1) is 6.89. The monoisotopic (exact) mass is 319 g/mol. The predicted molar refractivity (Wildman–Crippen MR) is 58.7 cm³/mol. The molecular formula is C8H6BrClF3NS. The molecule has 1 unspecified atom stereocenters. The van der Waals surface area contributed by atoms with E-state index in [0.29, 0.717) is 10.0 Å². The van der Waals surface area contributed by atoms with Gasteiger partial charge in [-0.25, -0.2) is 4.98 Å². The highest BCUT2D eigenvalue weighted by atomic mass is 79.9. The van der Waals surface area contributed by atoms with Gasteiger partial charge in [-0.15, -0.1) is 11.8 Å². The molecule has 1 aromatic rings. The quantitative estimate of drug-likeness (QED) is 0.613. The molecule has 0 aliphatic carbocycles. The van der Waals surface area contributed by atoms with Gasteiger partial charge in [-0.2, -0.15) is 13.2 Å². The van der Waals surface area contributed by atoms with Crippen molar-refractivity contribution in [3.63, 3.8) is 0 Å². The van der Waals surface area contributed by atoms with Crippen LogP contribution in [0.25, 0.3) is 0 Å². The minimum atomic E-state index is -4.22. The molecule has 84 valence electrons. The molecular weight excluding hydrogens is 315 g/mol. The second-order valence-corrected chi connectivity index (χ2v) is 5.22. The molecule has 0 aliphatic heterocycles. The summed E-state index contributed by atoms with van der Waals surface area (Å²) < 4.78 is 36.3. The molecule has 0 saturated heterocycles. The Kier molecular flexibility index (Phi) is 4.73. The number of pyridine rings is 1. The molecule has 0 aromatic carbocycles. The lowest BCUT2D eigenvalue weighted by molar-refractivity contribution is -0.122. The van der Waals surface area contributed by atoms with Crippen LogP contribution < -0.4 is 0 Å². The number of hydrogen-bond donors (Lipinski definition) is 0. The van der Waals surface area contributed by atoms with Crippen LogP contribution in [0.1, 0.15) is 0 Å². The molecule has 0 aliphatic rings. The van der Waals surface area contributed by atoms with Gasteiger partial charge >= 0.3 is 6.18 Å². The highest BCUT2D eigenvalue weighted by Crippen LogP contribution is 2.31. The van der Waals surface area contributed by atoms with Crippen molar-refractivity contribution in [3.05, 3.63) is 23.4 Å². The lowest BCUT2D eigenvalue weighted by atomic mass is 10.5. The van der Waals surface area contributed by atoms with Crippen molar-refractivity contribution in [2.75, 3.05) is 5.75 Å². The van der Waals surface area contributed by atoms with Gasteiger partial charge in [0.2, 0.25) is 0 Å². The average Bonchev–Trinajstić information content (AvgIpc) is 2.15. The number of aromatic nitrogens is 1. The topological polar surface area (TPSA) is 12.9 Å². The number of halogens is 5. The largest absolute Gasteiger partial charge is 0.402 e. The van der Waals surface area contributed by atoms with Gasteiger partial charge in [-0.05, 0) is 12.1 Å². The number of thioether (sulfide) groups is 1. The summed E-state index contributed by atoms with van der Waals surface area (Å²) in [6.07, 6.45) is -2.82. The van der Waals surface area contributed by atoms with Crippen LogP contribution in [0.3, 0.4) is 0 Å². The summed E-state index contributed by atoms with van der Waals surface area (Å²) in [5.41, 5.74) is 0. The van der Waals surface area contributed by atoms with Gasteiger partial charge in [0, 0.05) is 11.9 Å². The molecule has 7 heteroatoms. The fraction of sp³-hybridized carbons (Fsp3) is 0.375. The summed E-state index contributed by atoms with van der Waals surface area (Å²) in [7, 11) is 0. The maximum Gasteiger partial charge on any atom is 0.402 e. The number of nitrogens with zero attached hydrogens (tertiary/aromatic N) is 1. The Morgan fingerprint density at radius 1 is 1.47 bits per heavy atom. The molecule has 15 heavy (non-hydrogen) atoms. The highest BCUT2D eigenvalue weighted by Gasteiger charge is 2.37. The highest BCUT2D eigenvalue weighted by molar-refractivity contribution is 9.09. The lowest BCUT2D eigenvalue weighted by Gasteiger charge is -2.12. The second-order valence-electron chi connectivity index (χ2n) is 2.63. The molecule has 0 radical (unpaired) electrons. The Morgan fingerprint density at radius 3 is 2.60 bits per heavy atom. The first kappa shape index (κ1) is 13.1. The average molecular weight is 321 g/mol. The summed E-state index contributed by atoms with van der Waals surface area (Å²) in [6, 6.07) is 3.18. The maximum absolute atomic E-state index is 12.1. The molecule has 1 atom stereocenters. The molecule has 1 heterocycles. The molecule has 0 N–H and O–H groups in total. The SMILES string of the molecule is FC(F)(F)C(Br)CSc1ccc(Cl)cn1. The van der Waals surface area contributed by atoms with Crippen LogP contribution in [0.5, 0.6) is 0 Å². The Labute approximate surface area is 103 Å². The Hall–Kier alpha value is 0.0600. The van der Waals surface area contributed by atoms with E-state index in [1.165, 1.54) is 6.20 Å². The fourth-order valence-corrected chi connectivity index (χ4v) is 2.01. The molecule has 1 nitrogen and oxygen atoms in total. The van der Waals surface area contributed by atoms with Gasteiger partial charge < -0.3 is 0 Å². The standard InChI is InChI=1S/C8H6BrClF3NS/c9-6(8(11,12)13)4-15-7-2-1-5(10)3-14-7/h1-3,6H,4H2. The number of rotatable bonds is 3. The molecule has 1 rings (SSSR count). The van der Waals surface area contributed by atoms with E-state index in [1.54, 1.807) is 12.1 Å². The van der Waals surface area contributed by atoms with E-state index in [4.69, 9.17) is 11.6 Å². The summed E-state index contributed by atoms with van der Waals surface area (Å²) in [4.78, 5) is 2.35. The van der Waals surface area contributed by atoms with E-state index in [0.717, 1.165) is 11.8 Å². The maximum atomic E-state index is 12.1.